The van der Waals surface area contributed by atoms with Gasteiger partial charge in [0.05, 0.1) is 11.9 Å². The van der Waals surface area contributed by atoms with Gasteiger partial charge in [0.1, 0.15) is 6.04 Å². The molecule has 1 N–H and O–H groups in total. The number of carbonyl (C=O) groups excluding carboxylic acids is 1. The molecule has 2 rings (SSSR count). The smallest absolute Gasteiger partial charge is 0.243 e. The van der Waals surface area contributed by atoms with E-state index in [0.29, 0.717) is 23.7 Å². The maximum atomic E-state index is 12.8. The van der Waals surface area contributed by atoms with Crippen molar-refractivity contribution in [3.05, 3.63) is 64.2 Å². The standard InChI is InChI=1S/C22H29ClN2O3S/c1-5-21(22(26)24-13-7-10-18-9-6-8-16(2)14-18)25(29(4,27)28)19-12-11-17(3)20(23)15-19/h6,8-9,11-12,14-15,21H,5,7,10,13H2,1-4H3,(H,24,26). The van der Waals surface area contributed by atoms with Crippen LogP contribution in [-0.2, 0) is 21.2 Å². The number of hydrogen-bond donors (Lipinski definition) is 1. The zero-order chi connectivity index (χ0) is 21.6. The van der Waals surface area contributed by atoms with Crippen LogP contribution in [0.3, 0.4) is 0 Å². The van der Waals surface area contributed by atoms with Crippen molar-refractivity contribution in [3.8, 4) is 0 Å². The maximum absolute atomic E-state index is 12.8. The van der Waals surface area contributed by atoms with Crippen LogP contribution < -0.4 is 9.62 Å². The molecule has 5 nitrogen and oxygen atoms in total. The third-order valence-electron chi connectivity index (χ3n) is 4.76. The summed E-state index contributed by atoms with van der Waals surface area (Å²) in [5.41, 5.74) is 3.67. The Kier molecular flexibility index (Phi) is 8.11. The molecule has 2 aromatic rings. The summed E-state index contributed by atoms with van der Waals surface area (Å²) in [6.45, 7) is 6.17. The Morgan fingerprint density at radius 3 is 2.48 bits per heavy atom. The minimum atomic E-state index is -3.67. The number of anilines is 1. The third kappa shape index (κ3) is 6.47. The first-order chi connectivity index (χ1) is 13.6. The fourth-order valence-corrected chi connectivity index (χ4v) is 4.65. The summed E-state index contributed by atoms with van der Waals surface area (Å²) >= 11 is 6.19. The monoisotopic (exact) mass is 436 g/mol. The topological polar surface area (TPSA) is 66.5 Å². The van der Waals surface area contributed by atoms with E-state index in [2.05, 4.69) is 17.4 Å². The van der Waals surface area contributed by atoms with Gasteiger partial charge in [-0.3, -0.25) is 9.10 Å². The largest absolute Gasteiger partial charge is 0.354 e. The molecule has 0 aliphatic carbocycles. The molecule has 0 heterocycles. The van der Waals surface area contributed by atoms with Gasteiger partial charge in [0, 0.05) is 11.6 Å². The molecule has 0 aromatic heterocycles. The summed E-state index contributed by atoms with van der Waals surface area (Å²) in [7, 11) is -3.67. The Balaban J connectivity index is 2.08. The van der Waals surface area contributed by atoms with Crippen molar-refractivity contribution in [3.63, 3.8) is 0 Å². The fraction of sp³-hybridized carbons (Fsp3) is 0.409. The number of amides is 1. The van der Waals surface area contributed by atoms with Crippen LogP contribution in [0, 0.1) is 13.8 Å². The van der Waals surface area contributed by atoms with Crippen molar-refractivity contribution in [2.24, 2.45) is 0 Å². The number of hydrogen-bond acceptors (Lipinski definition) is 3. The Labute approximate surface area is 179 Å². The molecule has 0 spiro atoms. The number of nitrogens with one attached hydrogen (secondary N) is 1. The van der Waals surface area contributed by atoms with Gasteiger partial charge in [0.2, 0.25) is 15.9 Å². The Morgan fingerprint density at radius 1 is 1.17 bits per heavy atom. The van der Waals surface area contributed by atoms with E-state index in [0.717, 1.165) is 29.0 Å². The summed E-state index contributed by atoms with van der Waals surface area (Å²) in [5, 5.41) is 3.35. The lowest BCUT2D eigenvalue weighted by Gasteiger charge is -2.30. The number of rotatable bonds is 9. The van der Waals surface area contributed by atoms with Crippen LogP contribution >= 0.6 is 11.6 Å². The second kappa shape index (κ2) is 10.1. The van der Waals surface area contributed by atoms with Crippen molar-refractivity contribution < 1.29 is 13.2 Å². The van der Waals surface area contributed by atoms with Crippen molar-refractivity contribution >= 4 is 33.2 Å². The van der Waals surface area contributed by atoms with E-state index in [9.17, 15) is 13.2 Å². The van der Waals surface area contributed by atoms with Gasteiger partial charge in [-0.25, -0.2) is 8.42 Å². The quantitative estimate of drug-likeness (QED) is 0.597. The van der Waals surface area contributed by atoms with Crippen LogP contribution in [0.4, 0.5) is 5.69 Å². The molecule has 0 aliphatic rings. The van der Waals surface area contributed by atoms with Crippen molar-refractivity contribution in [1.29, 1.82) is 0 Å². The van der Waals surface area contributed by atoms with Gasteiger partial charge >= 0.3 is 0 Å². The van der Waals surface area contributed by atoms with Gasteiger partial charge in [0.15, 0.2) is 0 Å². The van der Waals surface area contributed by atoms with E-state index in [1.165, 1.54) is 11.1 Å². The average Bonchev–Trinajstić information content (AvgIpc) is 2.64. The second-order valence-electron chi connectivity index (χ2n) is 7.30. The zero-order valence-electron chi connectivity index (χ0n) is 17.4. The SMILES string of the molecule is CCC(C(=O)NCCCc1cccc(C)c1)N(c1ccc(C)c(Cl)c1)S(C)(=O)=O. The molecule has 0 radical (unpaired) electrons. The summed E-state index contributed by atoms with van der Waals surface area (Å²) in [4.78, 5) is 12.8. The van der Waals surface area contributed by atoms with E-state index in [-0.39, 0.29) is 5.91 Å². The zero-order valence-corrected chi connectivity index (χ0v) is 19.0. The van der Waals surface area contributed by atoms with Crippen LogP contribution in [0.1, 0.15) is 36.5 Å². The third-order valence-corrected chi connectivity index (χ3v) is 6.35. The fourth-order valence-electron chi connectivity index (χ4n) is 3.27. The lowest BCUT2D eigenvalue weighted by Crippen LogP contribution is -2.49. The minimum absolute atomic E-state index is 0.307. The summed E-state index contributed by atoms with van der Waals surface area (Å²) < 4.78 is 26.1. The summed E-state index contributed by atoms with van der Waals surface area (Å²) in [6.07, 6.45) is 3.08. The molecule has 2 aromatic carbocycles. The van der Waals surface area contributed by atoms with Gasteiger partial charge in [-0.15, -0.1) is 0 Å². The van der Waals surface area contributed by atoms with Crippen molar-refractivity contribution in [2.75, 3.05) is 17.1 Å². The van der Waals surface area contributed by atoms with Crippen LogP contribution in [0.5, 0.6) is 0 Å². The molecule has 0 aliphatic heterocycles. The molecule has 1 amide bonds. The molecule has 0 bridgehead atoms. The van der Waals surface area contributed by atoms with Crippen LogP contribution in [-0.4, -0.2) is 33.2 Å². The van der Waals surface area contributed by atoms with E-state index in [1.807, 2.05) is 26.0 Å². The lowest BCUT2D eigenvalue weighted by atomic mass is 10.1. The lowest BCUT2D eigenvalue weighted by molar-refractivity contribution is -0.122. The Bertz CT molecular complexity index is 960. The summed E-state index contributed by atoms with van der Waals surface area (Å²) in [5.74, 6) is -0.307. The van der Waals surface area contributed by atoms with Crippen molar-refractivity contribution in [1.82, 2.24) is 5.32 Å². The first-order valence-corrected chi connectivity index (χ1v) is 11.9. The first-order valence-electron chi connectivity index (χ1n) is 9.72. The number of sulfonamides is 1. The second-order valence-corrected chi connectivity index (χ2v) is 9.57. The number of benzene rings is 2. The van der Waals surface area contributed by atoms with E-state index in [1.54, 1.807) is 25.1 Å². The maximum Gasteiger partial charge on any atom is 0.243 e. The molecular weight excluding hydrogens is 408 g/mol. The summed E-state index contributed by atoms with van der Waals surface area (Å²) in [6, 6.07) is 12.5. The molecule has 0 saturated heterocycles. The van der Waals surface area contributed by atoms with Gasteiger partial charge in [0.25, 0.3) is 0 Å². The van der Waals surface area contributed by atoms with Gasteiger partial charge in [-0.2, -0.15) is 0 Å². The molecule has 1 atom stereocenters. The Morgan fingerprint density at radius 2 is 1.90 bits per heavy atom. The molecular formula is C22H29ClN2O3S. The molecule has 7 heteroatoms. The highest BCUT2D eigenvalue weighted by molar-refractivity contribution is 7.92. The van der Waals surface area contributed by atoms with E-state index < -0.39 is 16.1 Å². The van der Waals surface area contributed by atoms with E-state index >= 15 is 0 Å². The number of nitrogens with zero attached hydrogens (tertiary/aromatic N) is 1. The minimum Gasteiger partial charge on any atom is -0.354 e. The Hall–Kier alpha value is -2.05. The van der Waals surface area contributed by atoms with Crippen molar-refractivity contribution in [2.45, 2.75) is 46.1 Å². The normalized spacial score (nSPS) is 12.4. The number of aryl methyl sites for hydroxylation is 3. The highest BCUT2D eigenvalue weighted by atomic mass is 35.5. The number of halogens is 1. The van der Waals surface area contributed by atoms with Crippen LogP contribution in [0.25, 0.3) is 0 Å². The molecule has 29 heavy (non-hydrogen) atoms. The highest BCUT2D eigenvalue weighted by Crippen LogP contribution is 2.27. The van der Waals surface area contributed by atoms with E-state index in [4.69, 9.17) is 11.6 Å². The van der Waals surface area contributed by atoms with Crippen LogP contribution in [0.15, 0.2) is 42.5 Å². The predicted octanol–water partition coefficient (Wildman–Crippen LogP) is 4.25. The van der Waals surface area contributed by atoms with Gasteiger partial charge < -0.3 is 5.32 Å². The van der Waals surface area contributed by atoms with Crippen LogP contribution in [0.2, 0.25) is 5.02 Å². The molecule has 158 valence electrons. The number of carbonyl (C=O) groups is 1. The van der Waals surface area contributed by atoms with Gasteiger partial charge in [-0.1, -0.05) is 54.4 Å². The molecule has 1 unspecified atom stereocenters. The first kappa shape index (κ1) is 23.2. The average molecular weight is 437 g/mol. The van der Waals surface area contributed by atoms with Gasteiger partial charge in [-0.05, 0) is 56.4 Å². The molecule has 0 saturated carbocycles. The molecule has 0 fully saturated rings. The predicted molar refractivity (Wildman–Crippen MR) is 120 cm³/mol. The highest BCUT2D eigenvalue weighted by Gasteiger charge is 2.31.